The van der Waals surface area contributed by atoms with Crippen LogP contribution in [0.5, 0.6) is 0 Å². The number of benzene rings is 1. The third-order valence-electron chi connectivity index (χ3n) is 2.59. The van der Waals surface area contributed by atoms with Crippen molar-refractivity contribution in [3.8, 4) is 0 Å². The van der Waals surface area contributed by atoms with E-state index in [1.807, 2.05) is 30.3 Å². The molecule has 5 heteroatoms. The highest BCUT2D eigenvalue weighted by Crippen LogP contribution is 2.23. The second-order valence-electron chi connectivity index (χ2n) is 4.15. The largest absolute Gasteiger partial charge is 0.361 e. The molecule has 0 aliphatic rings. The van der Waals surface area contributed by atoms with E-state index in [2.05, 4.69) is 26.2 Å². The molecule has 0 saturated carbocycles. The normalized spacial score (nSPS) is 10.4. The van der Waals surface area contributed by atoms with Gasteiger partial charge in [0.05, 0.1) is 12.1 Å². The predicted molar refractivity (Wildman–Crippen MR) is 76.6 cm³/mol. The van der Waals surface area contributed by atoms with Crippen molar-refractivity contribution < 1.29 is 4.79 Å². The van der Waals surface area contributed by atoms with Crippen molar-refractivity contribution in [3.05, 3.63) is 34.8 Å². The number of rotatable bonds is 3. The van der Waals surface area contributed by atoms with E-state index in [0.29, 0.717) is 5.82 Å². The molecule has 0 bridgehead atoms. The van der Waals surface area contributed by atoms with E-state index in [-0.39, 0.29) is 12.5 Å². The third-order valence-corrected chi connectivity index (χ3v) is 3.23. The van der Waals surface area contributed by atoms with Gasteiger partial charge in [-0.05, 0) is 34.1 Å². The molecule has 2 rings (SSSR count). The molecule has 0 aliphatic carbocycles. The van der Waals surface area contributed by atoms with Crippen LogP contribution in [0.25, 0.3) is 10.9 Å². The van der Waals surface area contributed by atoms with Gasteiger partial charge in [-0.3, -0.25) is 4.79 Å². The highest BCUT2D eigenvalue weighted by molar-refractivity contribution is 9.10. The van der Waals surface area contributed by atoms with Crippen LogP contribution in [0.4, 0.5) is 5.82 Å². The number of nitrogens with zero attached hydrogens (tertiary/aromatic N) is 2. The Bertz CT molecular complexity index is 583. The Morgan fingerprint density at radius 1 is 1.33 bits per heavy atom. The number of hydrogen-bond acceptors (Lipinski definition) is 3. The minimum Gasteiger partial charge on any atom is -0.361 e. The number of carbonyl (C=O) groups is 1. The quantitative estimate of drug-likeness (QED) is 0.947. The summed E-state index contributed by atoms with van der Waals surface area (Å²) < 4.78 is 0.947. The van der Waals surface area contributed by atoms with Gasteiger partial charge < -0.3 is 10.2 Å². The molecule has 1 heterocycles. The van der Waals surface area contributed by atoms with Gasteiger partial charge >= 0.3 is 0 Å². The number of para-hydroxylation sites is 1. The Morgan fingerprint density at radius 2 is 2.11 bits per heavy atom. The average Bonchev–Trinajstić information content (AvgIpc) is 2.36. The lowest BCUT2D eigenvalue weighted by Gasteiger charge is -2.11. The molecule has 1 aromatic heterocycles. The molecular formula is C13H14BrN3O. The van der Waals surface area contributed by atoms with Gasteiger partial charge in [-0.1, -0.05) is 12.1 Å². The molecule has 0 radical (unpaired) electrons. The van der Waals surface area contributed by atoms with Gasteiger partial charge in [-0.2, -0.15) is 0 Å². The molecule has 1 N–H and O–H groups in total. The lowest BCUT2D eigenvalue weighted by Crippen LogP contribution is -2.28. The van der Waals surface area contributed by atoms with Crippen LogP contribution in [0.2, 0.25) is 0 Å². The van der Waals surface area contributed by atoms with Crippen LogP contribution < -0.4 is 5.32 Å². The van der Waals surface area contributed by atoms with E-state index in [0.717, 1.165) is 15.4 Å². The monoisotopic (exact) mass is 307 g/mol. The summed E-state index contributed by atoms with van der Waals surface area (Å²) in [5.74, 6) is 0.716. The fourth-order valence-corrected chi connectivity index (χ4v) is 2.00. The molecule has 0 saturated heterocycles. The van der Waals surface area contributed by atoms with Crippen LogP contribution in [-0.4, -0.2) is 36.4 Å². The van der Waals surface area contributed by atoms with Crippen molar-refractivity contribution in [1.82, 2.24) is 9.88 Å². The van der Waals surface area contributed by atoms with Gasteiger partial charge in [0, 0.05) is 24.0 Å². The van der Waals surface area contributed by atoms with Crippen molar-refractivity contribution in [3.63, 3.8) is 0 Å². The number of halogens is 1. The van der Waals surface area contributed by atoms with Crippen molar-refractivity contribution in [2.45, 2.75) is 0 Å². The second kappa shape index (κ2) is 5.35. The predicted octanol–water partition coefficient (Wildman–Crippen LogP) is 2.50. The number of amides is 1. The third kappa shape index (κ3) is 2.79. The summed E-state index contributed by atoms with van der Waals surface area (Å²) in [4.78, 5) is 17.5. The Kier molecular flexibility index (Phi) is 3.81. The smallest absolute Gasteiger partial charge is 0.241 e. The molecule has 94 valence electrons. The first kappa shape index (κ1) is 12.8. The fourth-order valence-electron chi connectivity index (χ4n) is 1.53. The standard InChI is InChI=1S/C13H14BrN3O/c1-17(2)12(18)8-15-11-7-6-9-4-3-5-10(14)13(9)16-11/h3-7H,8H2,1-2H3,(H,15,16). The minimum absolute atomic E-state index is 0.0176. The zero-order valence-electron chi connectivity index (χ0n) is 10.3. The molecule has 1 aromatic carbocycles. The van der Waals surface area contributed by atoms with E-state index in [1.54, 1.807) is 19.0 Å². The lowest BCUT2D eigenvalue weighted by molar-refractivity contribution is -0.126. The van der Waals surface area contributed by atoms with Gasteiger partial charge in [-0.15, -0.1) is 0 Å². The first-order valence-corrected chi connectivity index (χ1v) is 6.36. The summed E-state index contributed by atoms with van der Waals surface area (Å²) in [5.41, 5.74) is 0.889. The van der Waals surface area contributed by atoms with Crippen LogP contribution >= 0.6 is 15.9 Å². The maximum absolute atomic E-state index is 11.5. The highest BCUT2D eigenvalue weighted by atomic mass is 79.9. The molecule has 4 nitrogen and oxygen atoms in total. The van der Waals surface area contributed by atoms with Crippen LogP contribution in [-0.2, 0) is 4.79 Å². The molecule has 0 unspecified atom stereocenters. The van der Waals surface area contributed by atoms with Crippen LogP contribution in [0.3, 0.4) is 0 Å². The molecule has 0 aliphatic heterocycles. The summed E-state index contributed by atoms with van der Waals surface area (Å²) in [6.07, 6.45) is 0. The molecule has 0 atom stereocenters. The lowest BCUT2D eigenvalue weighted by atomic mass is 10.2. The number of hydrogen-bond donors (Lipinski definition) is 1. The number of pyridine rings is 1. The Hall–Kier alpha value is -1.62. The molecule has 1 amide bonds. The topological polar surface area (TPSA) is 45.2 Å². The summed E-state index contributed by atoms with van der Waals surface area (Å²) >= 11 is 3.47. The summed E-state index contributed by atoms with van der Waals surface area (Å²) in [7, 11) is 3.46. The summed E-state index contributed by atoms with van der Waals surface area (Å²) in [6.45, 7) is 0.246. The van der Waals surface area contributed by atoms with Gasteiger partial charge in [0.25, 0.3) is 0 Å². The van der Waals surface area contributed by atoms with Crippen LogP contribution in [0.1, 0.15) is 0 Å². The van der Waals surface area contributed by atoms with Crippen LogP contribution in [0, 0.1) is 0 Å². The zero-order chi connectivity index (χ0) is 13.1. The van der Waals surface area contributed by atoms with E-state index in [1.165, 1.54) is 0 Å². The average molecular weight is 308 g/mol. The summed E-state index contributed by atoms with van der Waals surface area (Å²) in [5, 5.41) is 4.09. The number of carbonyl (C=O) groups excluding carboxylic acids is 1. The maximum Gasteiger partial charge on any atom is 0.241 e. The van der Waals surface area contributed by atoms with E-state index in [4.69, 9.17) is 0 Å². The minimum atomic E-state index is 0.0176. The SMILES string of the molecule is CN(C)C(=O)CNc1ccc2cccc(Br)c2n1. The first-order chi connectivity index (χ1) is 8.58. The molecule has 2 aromatic rings. The summed E-state index contributed by atoms with van der Waals surface area (Å²) in [6, 6.07) is 9.77. The number of fused-ring (bicyclic) bond motifs is 1. The number of aromatic nitrogens is 1. The Balaban J connectivity index is 2.20. The van der Waals surface area contributed by atoms with E-state index < -0.39 is 0 Å². The van der Waals surface area contributed by atoms with E-state index in [9.17, 15) is 4.79 Å². The fraction of sp³-hybridized carbons (Fsp3) is 0.231. The number of nitrogens with one attached hydrogen (secondary N) is 1. The van der Waals surface area contributed by atoms with Crippen molar-refractivity contribution in [1.29, 1.82) is 0 Å². The van der Waals surface area contributed by atoms with Crippen LogP contribution in [0.15, 0.2) is 34.8 Å². The molecule has 0 fully saturated rings. The van der Waals surface area contributed by atoms with Gasteiger partial charge in [0.2, 0.25) is 5.91 Å². The van der Waals surface area contributed by atoms with E-state index >= 15 is 0 Å². The van der Waals surface area contributed by atoms with Gasteiger partial charge in [0.1, 0.15) is 5.82 Å². The van der Waals surface area contributed by atoms with Gasteiger partial charge in [0.15, 0.2) is 0 Å². The molecule has 0 spiro atoms. The first-order valence-electron chi connectivity index (χ1n) is 5.57. The van der Waals surface area contributed by atoms with Gasteiger partial charge in [-0.25, -0.2) is 4.98 Å². The maximum atomic E-state index is 11.5. The zero-order valence-corrected chi connectivity index (χ0v) is 11.9. The van der Waals surface area contributed by atoms with Crippen molar-refractivity contribution in [2.24, 2.45) is 0 Å². The van der Waals surface area contributed by atoms with Crippen molar-refractivity contribution in [2.75, 3.05) is 26.0 Å². The number of likely N-dealkylation sites (N-methyl/N-ethyl adjacent to an activating group) is 1. The Labute approximate surface area is 114 Å². The van der Waals surface area contributed by atoms with Crippen molar-refractivity contribution >= 4 is 38.6 Å². The second-order valence-corrected chi connectivity index (χ2v) is 5.00. The molecule has 18 heavy (non-hydrogen) atoms. The molecular weight excluding hydrogens is 294 g/mol. The number of anilines is 1. The highest BCUT2D eigenvalue weighted by Gasteiger charge is 2.05. The Morgan fingerprint density at radius 3 is 2.83 bits per heavy atom.